The average molecular weight is 230 g/mol. The molecule has 1 aromatic rings. The monoisotopic (exact) mass is 230 g/mol. The van der Waals surface area contributed by atoms with Crippen molar-refractivity contribution in [2.75, 3.05) is 7.11 Å². The molecule has 0 amide bonds. The highest BCUT2D eigenvalue weighted by molar-refractivity contribution is 5.89. The second-order valence-electron chi connectivity index (χ2n) is 2.84. The number of benzene rings is 1. The Morgan fingerprint density at radius 3 is 2.76 bits per heavy atom. The van der Waals surface area contributed by atoms with E-state index in [1.165, 1.54) is 12.1 Å². The second kappa shape index (κ2) is 5.29. The average Bonchev–Trinajstić information content (AvgIpc) is 2.35. The van der Waals surface area contributed by atoms with Crippen molar-refractivity contribution in [2.24, 2.45) is 0 Å². The van der Waals surface area contributed by atoms with Gasteiger partial charge >= 0.3 is 5.97 Å². The Kier molecular flexibility index (Phi) is 3.80. The van der Waals surface area contributed by atoms with Crippen LogP contribution in [0.2, 0.25) is 0 Å². The van der Waals surface area contributed by atoms with Crippen LogP contribution in [0, 0.1) is 33.3 Å². The zero-order valence-electron chi connectivity index (χ0n) is 8.76. The van der Waals surface area contributed by atoms with Crippen LogP contribution in [-0.2, 0) is 9.53 Å². The fraction of sp³-hybridized carbons (Fsp3) is 0.0909. The van der Waals surface area contributed by atoms with Gasteiger partial charge in [0.2, 0.25) is 0 Å². The van der Waals surface area contributed by atoms with E-state index in [0.29, 0.717) is 0 Å². The molecule has 0 spiro atoms. The number of hydrogen-bond acceptors (Lipinski definition) is 5. The third kappa shape index (κ3) is 3.05. The third-order valence-electron chi connectivity index (χ3n) is 1.81. The maximum atomic E-state index is 10.8. The number of rotatable bonds is 1. The van der Waals surface area contributed by atoms with Crippen LogP contribution < -0.4 is 0 Å². The quantitative estimate of drug-likeness (QED) is 0.310. The number of nitrogens with zero attached hydrogens (tertiary/aromatic N) is 2. The Morgan fingerprint density at radius 2 is 2.24 bits per heavy atom. The van der Waals surface area contributed by atoms with Gasteiger partial charge in [-0.05, 0) is 18.1 Å². The summed E-state index contributed by atoms with van der Waals surface area (Å²) in [6.07, 6.45) is 0. The van der Waals surface area contributed by atoms with Crippen molar-refractivity contribution in [3.05, 3.63) is 39.4 Å². The number of carbonyl (C=O) groups is 1. The SMILES string of the molecule is COC(=O)C#Cc1ccc(C#N)cc1[N+](=O)[O-]. The molecular formula is C11H6N2O4. The number of methoxy groups -OCH3 is 1. The first-order valence-electron chi connectivity index (χ1n) is 4.37. The highest BCUT2D eigenvalue weighted by Gasteiger charge is 2.13. The number of carbonyl (C=O) groups excluding carboxylic acids is 1. The molecule has 0 aliphatic rings. The molecule has 0 fully saturated rings. The molecule has 0 saturated heterocycles. The molecule has 1 rings (SSSR count). The Balaban J connectivity index is 3.24. The van der Waals surface area contributed by atoms with Gasteiger partial charge in [0.05, 0.1) is 23.7 Å². The van der Waals surface area contributed by atoms with E-state index >= 15 is 0 Å². The van der Waals surface area contributed by atoms with Crippen molar-refractivity contribution < 1.29 is 14.5 Å². The first-order valence-corrected chi connectivity index (χ1v) is 4.37. The number of esters is 1. The van der Waals surface area contributed by atoms with E-state index in [-0.39, 0.29) is 16.8 Å². The molecular weight excluding hydrogens is 224 g/mol. The molecule has 0 saturated carbocycles. The molecule has 0 unspecified atom stereocenters. The van der Waals surface area contributed by atoms with E-state index in [9.17, 15) is 14.9 Å². The summed E-state index contributed by atoms with van der Waals surface area (Å²) in [5.74, 6) is 3.62. The van der Waals surface area contributed by atoms with Crippen molar-refractivity contribution in [2.45, 2.75) is 0 Å². The molecule has 0 bridgehead atoms. The fourth-order valence-electron chi connectivity index (χ4n) is 1.03. The van der Waals surface area contributed by atoms with Gasteiger partial charge in [-0.2, -0.15) is 5.26 Å². The van der Waals surface area contributed by atoms with Gasteiger partial charge < -0.3 is 4.74 Å². The molecule has 0 N–H and O–H groups in total. The van der Waals surface area contributed by atoms with Gasteiger partial charge in [-0.15, -0.1) is 0 Å². The van der Waals surface area contributed by atoms with Crippen LogP contribution >= 0.6 is 0 Å². The summed E-state index contributed by atoms with van der Waals surface area (Å²) >= 11 is 0. The molecule has 0 aromatic heterocycles. The zero-order valence-corrected chi connectivity index (χ0v) is 8.76. The van der Waals surface area contributed by atoms with E-state index in [1.807, 2.05) is 0 Å². The predicted molar refractivity (Wildman–Crippen MR) is 56.7 cm³/mol. The van der Waals surface area contributed by atoms with Gasteiger partial charge in [0, 0.05) is 12.0 Å². The lowest BCUT2D eigenvalue weighted by Gasteiger charge is -1.95. The van der Waals surface area contributed by atoms with Gasteiger partial charge in [-0.1, -0.05) is 0 Å². The second-order valence-corrected chi connectivity index (χ2v) is 2.84. The molecule has 0 atom stereocenters. The van der Waals surface area contributed by atoms with Crippen LogP contribution in [0.15, 0.2) is 18.2 Å². The van der Waals surface area contributed by atoms with Gasteiger partial charge in [0.1, 0.15) is 5.56 Å². The highest BCUT2D eigenvalue weighted by Crippen LogP contribution is 2.18. The summed E-state index contributed by atoms with van der Waals surface area (Å²) in [5.41, 5.74) is -0.111. The van der Waals surface area contributed by atoms with E-state index in [0.717, 1.165) is 13.2 Å². The number of ether oxygens (including phenoxy) is 1. The first kappa shape index (κ1) is 12.2. The standard InChI is InChI=1S/C11H6N2O4/c1-17-11(14)5-4-9-3-2-8(7-12)6-10(9)13(15)16/h2-3,6H,1H3. The summed E-state index contributed by atoms with van der Waals surface area (Å²) in [7, 11) is 1.16. The van der Waals surface area contributed by atoms with Crippen LogP contribution in [-0.4, -0.2) is 18.0 Å². The lowest BCUT2D eigenvalue weighted by Crippen LogP contribution is -1.96. The van der Waals surface area contributed by atoms with Crippen LogP contribution in [0.4, 0.5) is 5.69 Å². The van der Waals surface area contributed by atoms with Crippen molar-refractivity contribution in [3.8, 4) is 17.9 Å². The zero-order chi connectivity index (χ0) is 12.8. The summed E-state index contributed by atoms with van der Waals surface area (Å²) in [6, 6.07) is 5.58. The van der Waals surface area contributed by atoms with Crippen LogP contribution in [0.3, 0.4) is 0 Å². The molecule has 0 aliphatic carbocycles. The lowest BCUT2D eigenvalue weighted by atomic mass is 10.1. The minimum Gasteiger partial charge on any atom is -0.459 e. The van der Waals surface area contributed by atoms with Crippen molar-refractivity contribution >= 4 is 11.7 Å². The molecule has 17 heavy (non-hydrogen) atoms. The molecule has 1 aromatic carbocycles. The molecule has 0 heterocycles. The summed E-state index contributed by atoms with van der Waals surface area (Å²) in [6.45, 7) is 0. The number of hydrogen-bond donors (Lipinski definition) is 0. The van der Waals surface area contributed by atoms with E-state index < -0.39 is 10.9 Å². The third-order valence-corrected chi connectivity index (χ3v) is 1.81. The first-order chi connectivity index (χ1) is 8.08. The number of nitro benzene ring substituents is 1. The summed E-state index contributed by atoms with van der Waals surface area (Å²) < 4.78 is 4.28. The summed E-state index contributed by atoms with van der Waals surface area (Å²) in [5, 5.41) is 19.3. The van der Waals surface area contributed by atoms with Crippen molar-refractivity contribution in [1.29, 1.82) is 5.26 Å². The number of nitro groups is 1. The number of nitriles is 1. The van der Waals surface area contributed by atoms with Crippen LogP contribution in [0.1, 0.15) is 11.1 Å². The molecule has 6 heteroatoms. The highest BCUT2D eigenvalue weighted by atomic mass is 16.6. The van der Waals surface area contributed by atoms with Gasteiger partial charge in [0.15, 0.2) is 0 Å². The maximum absolute atomic E-state index is 10.8. The topological polar surface area (TPSA) is 93.2 Å². The Morgan fingerprint density at radius 1 is 1.53 bits per heavy atom. The maximum Gasteiger partial charge on any atom is 0.384 e. The van der Waals surface area contributed by atoms with E-state index in [2.05, 4.69) is 16.6 Å². The minimum atomic E-state index is -0.788. The van der Waals surface area contributed by atoms with Crippen LogP contribution in [0.5, 0.6) is 0 Å². The van der Waals surface area contributed by atoms with Gasteiger partial charge in [-0.25, -0.2) is 4.79 Å². The van der Waals surface area contributed by atoms with Crippen molar-refractivity contribution in [3.63, 3.8) is 0 Å². The lowest BCUT2D eigenvalue weighted by molar-refractivity contribution is -0.385. The van der Waals surface area contributed by atoms with Crippen molar-refractivity contribution in [1.82, 2.24) is 0 Å². The molecule has 84 valence electrons. The molecule has 0 radical (unpaired) electrons. The Hall–Kier alpha value is -2.86. The Labute approximate surface area is 96.6 Å². The smallest absolute Gasteiger partial charge is 0.384 e. The molecule has 0 aliphatic heterocycles. The largest absolute Gasteiger partial charge is 0.459 e. The minimum absolute atomic E-state index is 0.0550. The fourth-order valence-corrected chi connectivity index (χ4v) is 1.03. The normalized spacial score (nSPS) is 8.47. The molecule has 6 nitrogen and oxygen atoms in total. The van der Waals surface area contributed by atoms with E-state index in [1.54, 1.807) is 6.07 Å². The Bertz CT molecular complexity index is 575. The van der Waals surface area contributed by atoms with Gasteiger partial charge in [-0.3, -0.25) is 10.1 Å². The van der Waals surface area contributed by atoms with E-state index in [4.69, 9.17) is 5.26 Å². The van der Waals surface area contributed by atoms with Gasteiger partial charge in [0.25, 0.3) is 5.69 Å². The summed E-state index contributed by atoms with van der Waals surface area (Å²) in [4.78, 5) is 20.8. The predicted octanol–water partition coefficient (Wildman–Crippen LogP) is 0.991. The van der Waals surface area contributed by atoms with Crippen LogP contribution in [0.25, 0.3) is 0 Å².